The molecular weight excluding hydrogens is 350 g/mol. The molecule has 0 bridgehead atoms. The molecule has 3 rings (SSSR count). The number of benzene rings is 2. The molecule has 8 heteroatoms. The van der Waals surface area contributed by atoms with E-state index in [0.29, 0.717) is 18.7 Å². The fraction of sp³-hybridized carbons (Fsp3) is 0.235. The molecule has 2 aromatic rings. The molecule has 0 radical (unpaired) electrons. The van der Waals surface area contributed by atoms with Crippen LogP contribution in [0.15, 0.2) is 42.5 Å². The van der Waals surface area contributed by atoms with Crippen molar-refractivity contribution in [2.75, 3.05) is 21.9 Å². The fourth-order valence-corrected chi connectivity index (χ4v) is 4.29. The summed E-state index contributed by atoms with van der Waals surface area (Å²) in [7, 11) is -3.38. The minimum atomic E-state index is -3.38. The van der Waals surface area contributed by atoms with E-state index in [1.165, 1.54) is 22.5 Å². The number of amides is 1. The average Bonchev–Trinajstić information content (AvgIpc) is 2.58. The van der Waals surface area contributed by atoms with Crippen LogP contribution in [0.25, 0.3) is 0 Å². The number of anilines is 2. The van der Waals surface area contributed by atoms with Gasteiger partial charge in [0, 0.05) is 23.9 Å². The lowest BCUT2D eigenvalue weighted by molar-refractivity contribution is 0.102. The highest BCUT2D eigenvalue weighted by Crippen LogP contribution is 2.25. The lowest BCUT2D eigenvalue weighted by Gasteiger charge is -2.28. The van der Waals surface area contributed by atoms with Gasteiger partial charge in [-0.1, -0.05) is 6.07 Å². The second-order valence-corrected chi connectivity index (χ2v) is 7.74. The quantitative estimate of drug-likeness (QED) is 0.907. The first-order chi connectivity index (χ1) is 11.9. The van der Waals surface area contributed by atoms with Crippen molar-refractivity contribution in [1.82, 2.24) is 0 Å². The Bertz CT molecular complexity index is 916. The second-order valence-electron chi connectivity index (χ2n) is 5.73. The van der Waals surface area contributed by atoms with Crippen molar-refractivity contribution in [2.24, 2.45) is 0 Å². The second kappa shape index (κ2) is 6.79. The summed E-state index contributed by atoms with van der Waals surface area (Å²) in [6.45, 7) is 0.372. The van der Waals surface area contributed by atoms with Gasteiger partial charge < -0.3 is 5.32 Å². The highest BCUT2D eigenvalue weighted by Gasteiger charge is 2.26. The Labute approximate surface area is 144 Å². The molecule has 1 heterocycles. The first kappa shape index (κ1) is 17.3. The molecule has 132 valence electrons. The molecule has 0 aromatic heterocycles. The molecule has 0 unspecified atom stereocenters. The predicted octanol–water partition coefficient (Wildman–Crippen LogP) is 3.15. The van der Waals surface area contributed by atoms with Crippen LogP contribution in [-0.2, 0) is 10.0 Å². The maximum absolute atomic E-state index is 13.2. The Morgan fingerprint density at radius 1 is 1.04 bits per heavy atom. The number of rotatable bonds is 3. The molecule has 0 aliphatic carbocycles. The van der Waals surface area contributed by atoms with Crippen LogP contribution in [0.2, 0.25) is 0 Å². The highest BCUT2D eigenvalue weighted by atomic mass is 32.2. The summed E-state index contributed by atoms with van der Waals surface area (Å²) in [4.78, 5) is 12.3. The van der Waals surface area contributed by atoms with E-state index in [9.17, 15) is 22.0 Å². The van der Waals surface area contributed by atoms with Gasteiger partial charge in [-0.3, -0.25) is 9.10 Å². The summed E-state index contributed by atoms with van der Waals surface area (Å²) >= 11 is 0. The van der Waals surface area contributed by atoms with Crippen LogP contribution in [0.5, 0.6) is 0 Å². The van der Waals surface area contributed by atoms with E-state index >= 15 is 0 Å². The van der Waals surface area contributed by atoms with E-state index in [2.05, 4.69) is 5.32 Å². The van der Waals surface area contributed by atoms with Crippen LogP contribution in [-0.4, -0.2) is 26.6 Å². The van der Waals surface area contributed by atoms with E-state index in [0.717, 1.165) is 18.6 Å². The smallest absolute Gasteiger partial charge is 0.255 e. The molecule has 1 fully saturated rings. The zero-order chi connectivity index (χ0) is 18.0. The van der Waals surface area contributed by atoms with Gasteiger partial charge in [-0.25, -0.2) is 17.2 Å². The van der Waals surface area contributed by atoms with Gasteiger partial charge in [-0.2, -0.15) is 0 Å². The number of sulfonamides is 1. The Hall–Kier alpha value is -2.48. The number of hydrogen-bond acceptors (Lipinski definition) is 3. The molecule has 1 aliphatic heterocycles. The minimum absolute atomic E-state index is 0.0816. The Morgan fingerprint density at radius 3 is 2.56 bits per heavy atom. The van der Waals surface area contributed by atoms with Gasteiger partial charge in [0.25, 0.3) is 5.91 Å². The number of halogens is 2. The molecular formula is C17H16F2N2O3S. The van der Waals surface area contributed by atoms with Gasteiger partial charge in [-0.15, -0.1) is 0 Å². The Balaban J connectivity index is 1.83. The van der Waals surface area contributed by atoms with E-state index in [1.807, 2.05) is 0 Å². The SMILES string of the molecule is O=C(Nc1ccc(F)c(F)c1)c1cccc(N2CCCCS2(=O)=O)c1. The first-order valence-electron chi connectivity index (χ1n) is 7.74. The van der Waals surface area contributed by atoms with Gasteiger partial charge in [-0.05, 0) is 43.2 Å². The first-order valence-corrected chi connectivity index (χ1v) is 9.35. The van der Waals surface area contributed by atoms with Crippen molar-refractivity contribution in [1.29, 1.82) is 0 Å². The maximum Gasteiger partial charge on any atom is 0.255 e. The largest absolute Gasteiger partial charge is 0.322 e. The van der Waals surface area contributed by atoms with Crippen molar-refractivity contribution in [3.05, 3.63) is 59.7 Å². The zero-order valence-electron chi connectivity index (χ0n) is 13.2. The molecule has 0 spiro atoms. The number of nitrogens with zero attached hydrogens (tertiary/aromatic N) is 1. The normalized spacial score (nSPS) is 16.5. The molecule has 1 aliphatic rings. The lowest BCUT2D eigenvalue weighted by Crippen LogP contribution is -2.37. The van der Waals surface area contributed by atoms with Gasteiger partial charge >= 0.3 is 0 Å². The van der Waals surface area contributed by atoms with Gasteiger partial charge in [0.05, 0.1) is 11.4 Å². The number of carbonyl (C=O) groups excluding carboxylic acids is 1. The summed E-state index contributed by atoms with van der Waals surface area (Å²) in [5.41, 5.74) is 0.751. The van der Waals surface area contributed by atoms with E-state index in [-0.39, 0.29) is 17.0 Å². The van der Waals surface area contributed by atoms with E-state index in [4.69, 9.17) is 0 Å². The molecule has 0 atom stereocenters. The monoisotopic (exact) mass is 366 g/mol. The molecule has 5 nitrogen and oxygen atoms in total. The average molecular weight is 366 g/mol. The molecule has 25 heavy (non-hydrogen) atoms. The van der Waals surface area contributed by atoms with Crippen molar-refractivity contribution >= 4 is 27.3 Å². The third-order valence-corrected chi connectivity index (χ3v) is 5.79. The third kappa shape index (κ3) is 3.79. The summed E-state index contributed by atoms with van der Waals surface area (Å²) in [5, 5.41) is 2.46. The van der Waals surface area contributed by atoms with Crippen molar-refractivity contribution in [3.63, 3.8) is 0 Å². The Morgan fingerprint density at radius 2 is 1.84 bits per heavy atom. The van der Waals surface area contributed by atoms with Crippen LogP contribution >= 0.6 is 0 Å². The zero-order valence-corrected chi connectivity index (χ0v) is 14.0. The van der Waals surface area contributed by atoms with Gasteiger partial charge in [0.1, 0.15) is 0 Å². The highest BCUT2D eigenvalue weighted by molar-refractivity contribution is 7.92. The summed E-state index contributed by atoms with van der Waals surface area (Å²) < 4.78 is 51.8. The van der Waals surface area contributed by atoms with Crippen LogP contribution in [0.3, 0.4) is 0 Å². The van der Waals surface area contributed by atoms with Crippen molar-refractivity contribution in [3.8, 4) is 0 Å². The van der Waals surface area contributed by atoms with Crippen LogP contribution < -0.4 is 9.62 Å². The summed E-state index contributed by atoms with van der Waals surface area (Å²) in [6.07, 6.45) is 1.37. The van der Waals surface area contributed by atoms with Gasteiger partial charge in [0.2, 0.25) is 10.0 Å². The number of hydrogen-bond donors (Lipinski definition) is 1. The van der Waals surface area contributed by atoms with Crippen LogP contribution in [0, 0.1) is 11.6 Å². The molecule has 1 N–H and O–H groups in total. The minimum Gasteiger partial charge on any atom is -0.322 e. The van der Waals surface area contributed by atoms with Crippen molar-refractivity contribution < 1.29 is 22.0 Å². The molecule has 1 saturated heterocycles. The topological polar surface area (TPSA) is 66.5 Å². The van der Waals surface area contributed by atoms with Crippen molar-refractivity contribution in [2.45, 2.75) is 12.8 Å². The molecule has 1 amide bonds. The third-order valence-electron chi connectivity index (χ3n) is 3.92. The van der Waals surface area contributed by atoms with Crippen LogP contribution in [0.4, 0.5) is 20.2 Å². The Kier molecular flexibility index (Phi) is 4.71. The number of carbonyl (C=O) groups is 1. The lowest BCUT2D eigenvalue weighted by atomic mass is 10.1. The fourth-order valence-electron chi connectivity index (χ4n) is 2.66. The molecule has 2 aromatic carbocycles. The summed E-state index contributed by atoms with van der Waals surface area (Å²) in [6, 6.07) is 9.24. The summed E-state index contributed by atoms with van der Waals surface area (Å²) in [5.74, 6) is -2.53. The molecule has 0 saturated carbocycles. The standard InChI is InChI=1S/C17H16F2N2O3S/c18-15-7-6-13(11-16(15)19)20-17(22)12-4-3-5-14(10-12)21-8-1-2-9-25(21,23)24/h3-7,10-11H,1-2,8-9H2,(H,20,22). The van der Waals surface area contributed by atoms with Crippen LogP contribution in [0.1, 0.15) is 23.2 Å². The predicted molar refractivity (Wildman–Crippen MR) is 91.1 cm³/mol. The maximum atomic E-state index is 13.2. The number of nitrogens with one attached hydrogen (secondary N) is 1. The van der Waals surface area contributed by atoms with E-state index < -0.39 is 27.6 Å². The van der Waals surface area contributed by atoms with E-state index in [1.54, 1.807) is 12.1 Å². The van der Waals surface area contributed by atoms with Gasteiger partial charge in [0.15, 0.2) is 11.6 Å².